The summed E-state index contributed by atoms with van der Waals surface area (Å²) >= 11 is 0. The van der Waals surface area contributed by atoms with Crippen molar-refractivity contribution in [2.24, 2.45) is 5.92 Å². The number of hydrogen-bond acceptors (Lipinski definition) is 5. The summed E-state index contributed by atoms with van der Waals surface area (Å²) < 4.78 is 35.9. The number of sulfonamides is 1. The van der Waals surface area contributed by atoms with Gasteiger partial charge in [-0.1, -0.05) is 104 Å². The van der Waals surface area contributed by atoms with Gasteiger partial charge in [-0.2, -0.15) is 0 Å². The van der Waals surface area contributed by atoms with Gasteiger partial charge < -0.3 is 15.0 Å². The van der Waals surface area contributed by atoms with E-state index in [-0.39, 0.29) is 35.4 Å². The highest BCUT2D eigenvalue weighted by atomic mass is 32.2. The Balaban J connectivity index is 1.56. The molecule has 0 fully saturated rings. The van der Waals surface area contributed by atoms with E-state index in [9.17, 15) is 18.0 Å². The molecule has 0 aliphatic carbocycles. The first-order valence-electron chi connectivity index (χ1n) is 17.1. The predicted molar refractivity (Wildman–Crippen MR) is 202 cm³/mol. The number of anilines is 1. The van der Waals surface area contributed by atoms with Gasteiger partial charge in [0, 0.05) is 19.5 Å². The molecule has 51 heavy (non-hydrogen) atoms. The van der Waals surface area contributed by atoms with Gasteiger partial charge in [0.25, 0.3) is 10.0 Å². The van der Waals surface area contributed by atoms with Crippen LogP contribution in [0.5, 0.6) is 11.5 Å². The van der Waals surface area contributed by atoms with Gasteiger partial charge in [0.15, 0.2) is 0 Å². The molecule has 5 aromatic carbocycles. The number of hydrogen-bond donors (Lipinski definition) is 1. The van der Waals surface area contributed by atoms with Gasteiger partial charge in [-0.15, -0.1) is 0 Å². The molecule has 0 aromatic heterocycles. The summed E-state index contributed by atoms with van der Waals surface area (Å²) in [7, 11) is -4.23. The molecule has 0 spiro atoms. The molecule has 5 rings (SSSR count). The van der Waals surface area contributed by atoms with Gasteiger partial charge in [-0.05, 0) is 85.0 Å². The normalized spacial score (nSPS) is 11.9. The van der Waals surface area contributed by atoms with E-state index in [0.29, 0.717) is 18.0 Å². The molecule has 1 unspecified atom stereocenters. The summed E-state index contributed by atoms with van der Waals surface area (Å²) in [5.74, 6) is 0.520. The third-order valence-electron chi connectivity index (χ3n) is 8.55. The Morgan fingerprint density at radius 3 is 1.94 bits per heavy atom. The third-order valence-corrected chi connectivity index (χ3v) is 10.3. The molecule has 264 valence electrons. The van der Waals surface area contributed by atoms with Crippen LogP contribution in [-0.2, 0) is 32.6 Å². The summed E-state index contributed by atoms with van der Waals surface area (Å²) in [6.07, 6.45) is 0.249. The maximum Gasteiger partial charge on any atom is 0.264 e. The van der Waals surface area contributed by atoms with Crippen LogP contribution in [0.1, 0.15) is 36.1 Å². The van der Waals surface area contributed by atoms with Crippen LogP contribution >= 0.6 is 0 Å². The van der Waals surface area contributed by atoms with Crippen molar-refractivity contribution < 1.29 is 22.7 Å². The van der Waals surface area contributed by atoms with Crippen molar-refractivity contribution in [1.29, 1.82) is 0 Å². The number of para-hydroxylation sites is 1. The van der Waals surface area contributed by atoms with Crippen LogP contribution in [0.4, 0.5) is 5.69 Å². The van der Waals surface area contributed by atoms with Gasteiger partial charge in [-0.3, -0.25) is 13.9 Å². The molecule has 0 aliphatic heterocycles. The second-order valence-corrected chi connectivity index (χ2v) is 14.9. The van der Waals surface area contributed by atoms with E-state index in [4.69, 9.17) is 4.74 Å². The second kappa shape index (κ2) is 17.0. The van der Waals surface area contributed by atoms with Crippen LogP contribution in [0, 0.1) is 19.8 Å². The highest BCUT2D eigenvalue weighted by Crippen LogP contribution is 2.29. The quantitative estimate of drug-likeness (QED) is 0.121. The van der Waals surface area contributed by atoms with Crippen LogP contribution < -0.4 is 14.4 Å². The van der Waals surface area contributed by atoms with Crippen molar-refractivity contribution in [1.82, 2.24) is 10.2 Å². The molecule has 0 saturated carbocycles. The molecule has 0 radical (unpaired) electrons. The lowest BCUT2D eigenvalue weighted by Crippen LogP contribution is -2.53. The number of amides is 2. The number of nitrogens with zero attached hydrogens (tertiary/aromatic N) is 2. The van der Waals surface area contributed by atoms with Crippen molar-refractivity contribution in [3.05, 3.63) is 156 Å². The molecule has 5 aromatic rings. The van der Waals surface area contributed by atoms with Crippen LogP contribution in [0.3, 0.4) is 0 Å². The highest BCUT2D eigenvalue weighted by molar-refractivity contribution is 7.92. The first-order valence-corrected chi connectivity index (χ1v) is 18.5. The van der Waals surface area contributed by atoms with Gasteiger partial charge in [-0.25, -0.2) is 8.42 Å². The topological polar surface area (TPSA) is 96.0 Å². The number of aryl methyl sites for hydroxylation is 2. The fourth-order valence-corrected chi connectivity index (χ4v) is 7.03. The lowest BCUT2D eigenvalue weighted by Gasteiger charge is -2.34. The first kappa shape index (κ1) is 36.9. The lowest BCUT2D eigenvalue weighted by atomic mass is 10.0. The Kier molecular flexibility index (Phi) is 12.3. The molecular formula is C42H45N3O5S. The van der Waals surface area contributed by atoms with E-state index < -0.39 is 28.5 Å². The molecule has 1 N–H and O–H groups in total. The Morgan fingerprint density at radius 1 is 0.725 bits per heavy atom. The zero-order chi connectivity index (χ0) is 36.4. The minimum Gasteiger partial charge on any atom is -0.457 e. The Bertz CT molecular complexity index is 2000. The number of benzene rings is 5. The Labute approximate surface area is 301 Å². The van der Waals surface area contributed by atoms with E-state index in [1.807, 2.05) is 113 Å². The second-order valence-electron chi connectivity index (χ2n) is 13.0. The number of ether oxygens (including phenoxy) is 1. The van der Waals surface area contributed by atoms with Gasteiger partial charge >= 0.3 is 0 Å². The fourth-order valence-electron chi connectivity index (χ4n) is 5.62. The van der Waals surface area contributed by atoms with Crippen molar-refractivity contribution in [2.45, 2.75) is 51.6 Å². The molecular weight excluding hydrogens is 659 g/mol. The number of carbonyl (C=O) groups excluding carboxylic acids is 2. The van der Waals surface area contributed by atoms with E-state index >= 15 is 0 Å². The van der Waals surface area contributed by atoms with Crippen LogP contribution in [-0.4, -0.2) is 44.3 Å². The average molecular weight is 704 g/mol. The van der Waals surface area contributed by atoms with Crippen LogP contribution in [0.15, 0.2) is 138 Å². The largest absolute Gasteiger partial charge is 0.457 e. The molecule has 9 heteroatoms. The summed E-state index contributed by atoms with van der Waals surface area (Å²) in [5, 5.41) is 3.03. The summed E-state index contributed by atoms with van der Waals surface area (Å²) in [6.45, 7) is 7.85. The van der Waals surface area contributed by atoms with E-state index in [1.165, 1.54) is 17.0 Å². The third kappa shape index (κ3) is 9.86. The molecule has 2 amide bonds. The van der Waals surface area contributed by atoms with Crippen molar-refractivity contribution in [3.63, 3.8) is 0 Å². The zero-order valence-electron chi connectivity index (χ0n) is 29.5. The van der Waals surface area contributed by atoms with Crippen molar-refractivity contribution >= 4 is 27.5 Å². The van der Waals surface area contributed by atoms with Gasteiger partial charge in [0.2, 0.25) is 11.8 Å². The van der Waals surface area contributed by atoms with E-state index in [0.717, 1.165) is 26.6 Å². The molecule has 0 bridgehead atoms. The number of carbonyl (C=O) groups is 2. The monoisotopic (exact) mass is 703 g/mol. The molecule has 0 aliphatic rings. The molecule has 0 saturated heterocycles. The molecule has 0 heterocycles. The number of nitrogens with one attached hydrogen (secondary N) is 1. The van der Waals surface area contributed by atoms with Crippen LogP contribution in [0.25, 0.3) is 0 Å². The fraction of sp³-hybridized carbons (Fsp3) is 0.238. The Morgan fingerprint density at radius 2 is 1.31 bits per heavy atom. The number of rotatable bonds is 15. The molecule has 1 atom stereocenters. The average Bonchev–Trinajstić information content (AvgIpc) is 3.13. The minimum absolute atomic E-state index is 0.0477. The van der Waals surface area contributed by atoms with Gasteiger partial charge in [0.05, 0.1) is 10.6 Å². The van der Waals surface area contributed by atoms with Crippen molar-refractivity contribution in [2.75, 3.05) is 17.4 Å². The Hall–Kier alpha value is -5.41. The summed E-state index contributed by atoms with van der Waals surface area (Å²) in [4.78, 5) is 30.4. The van der Waals surface area contributed by atoms with Gasteiger partial charge in [0.1, 0.15) is 24.1 Å². The SMILES string of the molecule is Cc1ccc(S(=O)(=O)N(CC(=O)N(Cc2ccccc2C)C(Cc2ccccc2)C(=O)NCC(C)C)c2ccc(Oc3ccccc3)cc2)cc1. The standard InChI is InChI=1S/C42H45N3O5S/c1-31(2)28-43-42(47)40(27-34-14-7-5-8-15-34)44(29-35-16-12-11-13-33(35)4)41(46)30-45(51(48,49)39-25-19-32(3)20-26-39)36-21-23-38(24-22-36)50-37-17-9-6-10-18-37/h5-26,31,40H,27-30H2,1-4H3,(H,43,47). The predicted octanol–water partition coefficient (Wildman–Crippen LogP) is 7.70. The minimum atomic E-state index is -4.23. The summed E-state index contributed by atoms with van der Waals surface area (Å²) in [6, 6.07) is 38.7. The molecule has 8 nitrogen and oxygen atoms in total. The first-order chi connectivity index (χ1) is 24.5. The van der Waals surface area contributed by atoms with E-state index in [2.05, 4.69) is 5.32 Å². The maximum absolute atomic E-state index is 14.8. The van der Waals surface area contributed by atoms with Crippen molar-refractivity contribution in [3.8, 4) is 11.5 Å². The zero-order valence-corrected chi connectivity index (χ0v) is 30.3. The maximum atomic E-state index is 14.8. The lowest BCUT2D eigenvalue weighted by molar-refractivity contribution is -0.140. The smallest absolute Gasteiger partial charge is 0.264 e. The highest BCUT2D eigenvalue weighted by Gasteiger charge is 2.35. The van der Waals surface area contributed by atoms with E-state index in [1.54, 1.807) is 36.4 Å². The van der Waals surface area contributed by atoms with Crippen LogP contribution in [0.2, 0.25) is 0 Å². The summed E-state index contributed by atoms with van der Waals surface area (Å²) in [5.41, 5.74) is 3.87.